The zero-order valence-electron chi connectivity index (χ0n) is 11.0. The van der Waals surface area contributed by atoms with Gasteiger partial charge < -0.3 is 21.5 Å². The van der Waals surface area contributed by atoms with E-state index in [0.717, 1.165) is 32.4 Å². The Hall–Kier alpha value is -0.135. The quantitative estimate of drug-likeness (QED) is 0.491. The first-order chi connectivity index (χ1) is 8.58. The van der Waals surface area contributed by atoms with E-state index in [9.17, 15) is 0 Å². The largest absolute Gasteiger partial charge is 0.451 e. The lowest BCUT2D eigenvalue weighted by Gasteiger charge is -2.27. The van der Waals surface area contributed by atoms with Gasteiger partial charge in [0.25, 0.3) is 0 Å². The molecule has 6 N–H and O–H groups in total. The molecule has 0 radical (unpaired) electrons. The van der Waals surface area contributed by atoms with E-state index < -0.39 is 7.12 Å². The van der Waals surface area contributed by atoms with E-state index in [-0.39, 0.29) is 6.04 Å². The topological polar surface area (TPSA) is 95.7 Å². The van der Waals surface area contributed by atoms with Crippen molar-refractivity contribution in [3.05, 3.63) is 0 Å². The fourth-order valence-electron chi connectivity index (χ4n) is 3.49. The van der Waals surface area contributed by atoms with Gasteiger partial charge in [-0.3, -0.25) is 4.90 Å². The molecular weight excluding hydrogens is 229 g/mol. The van der Waals surface area contributed by atoms with Crippen LogP contribution in [-0.4, -0.2) is 53.3 Å². The number of rotatable bonds is 5. The Balaban J connectivity index is 1.77. The Morgan fingerprint density at radius 3 is 2.50 bits per heavy atom. The lowest BCUT2D eigenvalue weighted by atomic mass is 9.82. The molecule has 5 nitrogen and oxygen atoms in total. The summed E-state index contributed by atoms with van der Waals surface area (Å²) in [7, 11) is -1.18. The maximum atomic E-state index is 8.85. The second kappa shape index (κ2) is 6.35. The molecule has 1 saturated heterocycles. The first-order valence-electron chi connectivity index (χ1n) is 7.19. The Bertz CT molecular complexity index is 268. The Kier molecular flexibility index (Phi) is 5.03. The van der Waals surface area contributed by atoms with Gasteiger partial charge in [0.15, 0.2) is 0 Å². The van der Waals surface area contributed by atoms with E-state index in [1.807, 2.05) is 0 Å². The fourth-order valence-corrected chi connectivity index (χ4v) is 3.49. The molecule has 0 bridgehead atoms. The van der Waals surface area contributed by atoms with Crippen LogP contribution in [0.4, 0.5) is 0 Å². The van der Waals surface area contributed by atoms with Crippen molar-refractivity contribution in [2.45, 2.75) is 56.5 Å². The molecule has 0 aromatic rings. The van der Waals surface area contributed by atoms with Crippen LogP contribution in [0.3, 0.4) is 0 Å². The molecular formula is C12H26BN3O2. The van der Waals surface area contributed by atoms with Crippen molar-refractivity contribution < 1.29 is 10.0 Å². The SMILES string of the molecule is NC1CCCC1N1C[C@H](CCCB(O)O)[C@@H](N)C1. The van der Waals surface area contributed by atoms with Gasteiger partial charge in [-0.05, 0) is 31.5 Å². The van der Waals surface area contributed by atoms with Crippen molar-refractivity contribution in [1.82, 2.24) is 4.90 Å². The summed E-state index contributed by atoms with van der Waals surface area (Å²) in [6.07, 6.45) is 5.84. The highest BCUT2D eigenvalue weighted by Gasteiger charge is 2.37. The number of nitrogens with zero attached hydrogens (tertiary/aromatic N) is 1. The van der Waals surface area contributed by atoms with Crippen LogP contribution in [0.2, 0.25) is 6.32 Å². The van der Waals surface area contributed by atoms with Crippen LogP contribution in [0.15, 0.2) is 0 Å². The molecule has 104 valence electrons. The average molecular weight is 255 g/mol. The normalized spacial score (nSPS) is 37.3. The molecule has 18 heavy (non-hydrogen) atoms. The molecule has 0 aromatic heterocycles. The summed E-state index contributed by atoms with van der Waals surface area (Å²) in [6.45, 7) is 1.98. The number of nitrogens with two attached hydrogens (primary N) is 2. The Morgan fingerprint density at radius 2 is 1.89 bits per heavy atom. The van der Waals surface area contributed by atoms with Gasteiger partial charge in [0.1, 0.15) is 0 Å². The second-order valence-electron chi connectivity index (χ2n) is 5.95. The van der Waals surface area contributed by atoms with E-state index in [4.69, 9.17) is 21.5 Å². The van der Waals surface area contributed by atoms with Gasteiger partial charge in [0, 0.05) is 31.2 Å². The van der Waals surface area contributed by atoms with Crippen LogP contribution in [0.25, 0.3) is 0 Å². The van der Waals surface area contributed by atoms with E-state index >= 15 is 0 Å². The van der Waals surface area contributed by atoms with Crippen molar-refractivity contribution in [2.75, 3.05) is 13.1 Å². The van der Waals surface area contributed by atoms with E-state index in [1.54, 1.807) is 0 Å². The van der Waals surface area contributed by atoms with Gasteiger partial charge in [0.05, 0.1) is 0 Å². The minimum Gasteiger partial charge on any atom is -0.427 e. The minimum absolute atomic E-state index is 0.216. The molecule has 1 aliphatic carbocycles. The second-order valence-corrected chi connectivity index (χ2v) is 5.95. The van der Waals surface area contributed by atoms with Crippen molar-refractivity contribution in [1.29, 1.82) is 0 Å². The van der Waals surface area contributed by atoms with Gasteiger partial charge in [-0.1, -0.05) is 12.8 Å². The molecule has 4 atom stereocenters. The highest BCUT2D eigenvalue weighted by molar-refractivity contribution is 6.40. The molecule has 1 saturated carbocycles. The molecule has 1 aliphatic heterocycles. The summed E-state index contributed by atoms with van der Waals surface area (Å²) in [5.41, 5.74) is 12.3. The lowest BCUT2D eigenvalue weighted by molar-refractivity contribution is 0.218. The summed E-state index contributed by atoms with van der Waals surface area (Å²) >= 11 is 0. The monoisotopic (exact) mass is 255 g/mol. The standard InChI is InChI=1S/C12H26BN3O2/c14-10-4-1-5-12(10)16-7-9(11(15)8-16)3-2-6-13(17)18/h9-12,17-18H,1-8,14-15H2/t9-,10?,11-,12?/m0/s1. The third-order valence-corrected chi connectivity index (χ3v) is 4.56. The molecule has 0 amide bonds. The van der Waals surface area contributed by atoms with Crippen LogP contribution in [0, 0.1) is 5.92 Å². The Morgan fingerprint density at radius 1 is 1.11 bits per heavy atom. The molecule has 2 fully saturated rings. The molecule has 6 heteroatoms. The lowest BCUT2D eigenvalue weighted by Crippen LogP contribution is -2.44. The molecule has 2 aliphatic rings. The minimum atomic E-state index is -1.18. The van der Waals surface area contributed by atoms with E-state index in [1.165, 1.54) is 12.8 Å². The average Bonchev–Trinajstić information content (AvgIpc) is 2.85. The molecule has 2 rings (SSSR count). The van der Waals surface area contributed by atoms with E-state index in [0.29, 0.717) is 24.3 Å². The van der Waals surface area contributed by atoms with Crippen molar-refractivity contribution >= 4 is 7.12 Å². The van der Waals surface area contributed by atoms with Gasteiger partial charge in [0.2, 0.25) is 0 Å². The van der Waals surface area contributed by atoms with Crippen LogP contribution in [-0.2, 0) is 0 Å². The summed E-state index contributed by atoms with van der Waals surface area (Å²) < 4.78 is 0. The number of hydrogen-bond acceptors (Lipinski definition) is 5. The smallest absolute Gasteiger partial charge is 0.427 e. The fraction of sp³-hybridized carbons (Fsp3) is 1.00. The number of hydrogen-bond donors (Lipinski definition) is 4. The summed E-state index contributed by atoms with van der Waals surface area (Å²) in [6, 6.07) is 1.05. The molecule has 2 unspecified atom stereocenters. The zero-order valence-corrected chi connectivity index (χ0v) is 11.0. The summed E-state index contributed by atoms with van der Waals surface area (Å²) in [5.74, 6) is 0.483. The maximum Gasteiger partial charge on any atom is 0.451 e. The molecule has 1 heterocycles. The van der Waals surface area contributed by atoms with E-state index in [2.05, 4.69) is 4.90 Å². The van der Waals surface area contributed by atoms with Crippen molar-refractivity contribution in [2.24, 2.45) is 17.4 Å². The van der Waals surface area contributed by atoms with Crippen molar-refractivity contribution in [3.8, 4) is 0 Å². The highest BCUT2D eigenvalue weighted by Crippen LogP contribution is 2.29. The van der Waals surface area contributed by atoms with Crippen LogP contribution >= 0.6 is 0 Å². The predicted molar refractivity (Wildman–Crippen MR) is 72.9 cm³/mol. The Labute approximate surface area is 110 Å². The summed E-state index contributed by atoms with van der Waals surface area (Å²) in [4.78, 5) is 2.46. The van der Waals surface area contributed by atoms with Crippen molar-refractivity contribution in [3.63, 3.8) is 0 Å². The first kappa shape index (κ1) is 14.3. The first-order valence-corrected chi connectivity index (χ1v) is 7.19. The zero-order chi connectivity index (χ0) is 13.1. The van der Waals surface area contributed by atoms with Crippen LogP contribution in [0.5, 0.6) is 0 Å². The number of likely N-dealkylation sites (tertiary alicyclic amines) is 1. The predicted octanol–water partition coefficient (Wildman–Crippen LogP) is -0.622. The van der Waals surface area contributed by atoms with Crippen LogP contribution in [0.1, 0.15) is 32.1 Å². The third kappa shape index (κ3) is 3.45. The molecule has 0 spiro atoms. The van der Waals surface area contributed by atoms with Crippen LogP contribution < -0.4 is 11.5 Å². The molecule has 0 aromatic carbocycles. The maximum absolute atomic E-state index is 8.85. The highest BCUT2D eigenvalue weighted by atomic mass is 16.4. The third-order valence-electron chi connectivity index (χ3n) is 4.56. The van der Waals surface area contributed by atoms with Gasteiger partial charge in [-0.15, -0.1) is 0 Å². The van der Waals surface area contributed by atoms with Gasteiger partial charge in [-0.25, -0.2) is 0 Å². The van der Waals surface area contributed by atoms with Gasteiger partial charge >= 0.3 is 7.12 Å². The van der Waals surface area contributed by atoms with Gasteiger partial charge in [-0.2, -0.15) is 0 Å². The summed E-state index contributed by atoms with van der Waals surface area (Å²) in [5, 5.41) is 17.7.